The van der Waals surface area contributed by atoms with Crippen LogP contribution >= 0.6 is 23.2 Å². The van der Waals surface area contributed by atoms with E-state index in [4.69, 9.17) is 23.2 Å². The summed E-state index contributed by atoms with van der Waals surface area (Å²) in [6.45, 7) is 4.94. The maximum absolute atomic E-state index is 12.0. The molecule has 7 heteroatoms. The van der Waals surface area contributed by atoms with Gasteiger partial charge in [0.25, 0.3) is 0 Å². The normalized spacial score (nSPS) is 13.6. The van der Waals surface area contributed by atoms with Crippen molar-refractivity contribution in [1.82, 2.24) is 10.0 Å². The first-order chi connectivity index (χ1) is 8.36. The van der Waals surface area contributed by atoms with E-state index in [9.17, 15) is 8.42 Å². The quantitative estimate of drug-likeness (QED) is 0.847. The molecule has 0 bridgehead atoms. The molecule has 18 heavy (non-hydrogen) atoms. The smallest absolute Gasteiger partial charge is 0.242 e. The summed E-state index contributed by atoms with van der Waals surface area (Å²) in [5, 5.41) is 3.63. The zero-order valence-corrected chi connectivity index (χ0v) is 12.5. The molecule has 0 amide bonds. The van der Waals surface area contributed by atoms with Gasteiger partial charge in [-0.05, 0) is 31.7 Å². The van der Waals surface area contributed by atoms with Crippen LogP contribution in [0.25, 0.3) is 0 Å². The zero-order valence-electron chi connectivity index (χ0n) is 10.2. The highest BCUT2D eigenvalue weighted by Gasteiger charge is 2.18. The van der Waals surface area contributed by atoms with E-state index in [0.29, 0.717) is 11.6 Å². The SMILES string of the molecule is CCN[C@H](C)CNS(=O)(=O)c1ccc(Cl)cc1Cl. The van der Waals surface area contributed by atoms with Crippen molar-refractivity contribution < 1.29 is 8.42 Å². The van der Waals surface area contributed by atoms with E-state index in [0.717, 1.165) is 6.54 Å². The van der Waals surface area contributed by atoms with Gasteiger partial charge in [0.05, 0.1) is 5.02 Å². The minimum absolute atomic E-state index is 0.0391. The Hall–Kier alpha value is -0.330. The van der Waals surface area contributed by atoms with Crippen LogP contribution in [0.15, 0.2) is 23.1 Å². The second-order valence-corrected chi connectivity index (χ2v) is 6.46. The molecule has 0 aliphatic heterocycles. The van der Waals surface area contributed by atoms with E-state index in [2.05, 4.69) is 10.0 Å². The predicted octanol–water partition coefficient (Wildman–Crippen LogP) is 2.27. The standard InChI is InChI=1S/C11H16Cl2N2O2S/c1-3-14-8(2)7-15-18(16,17)11-5-4-9(12)6-10(11)13/h4-6,8,14-15H,3,7H2,1-2H3/t8-/m1/s1. The van der Waals surface area contributed by atoms with Crippen molar-refractivity contribution in [3.05, 3.63) is 28.2 Å². The molecular formula is C11H16Cl2N2O2S. The summed E-state index contributed by atoms with van der Waals surface area (Å²) in [5.74, 6) is 0. The molecule has 4 nitrogen and oxygen atoms in total. The average Bonchev–Trinajstić information content (AvgIpc) is 2.26. The second-order valence-electron chi connectivity index (χ2n) is 3.89. The van der Waals surface area contributed by atoms with Crippen molar-refractivity contribution >= 4 is 33.2 Å². The van der Waals surface area contributed by atoms with E-state index in [-0.39, 0.29) is 16.0 Å². The summed E-state index contributed by atoms with van der Waals surface area (Å²) in [5.41, 5.74) is 0. The van der Waals surface area contributed by atoms with Gasteiger partial charge in [-0.2, -0.15) is 0 Å². The Morgan fingerprint density at radius 3 is 2.56 bits per heavy atom. The zero-order chi connectivity index (χ0) is 13.8. The minimum Gasteiger partial charge on any atom is -0.313 e. The topological polar surface area (TPSA) is 58.2 Å². The molecule has 1 aromatic rings. The van der Waals surface area contributed by atoms with E-state index >= 15 is 0 Å². The number of hydrogen-bond acceptors (Lipinski definition) is 3. The Labute approximate surface area is 118 Å². The van der Waals surface area contributed by atoms with Crippen LogP contribution in [-0.4, -0.2) is 27.5 Å². The maximum Gasteiger partial charge on any atom is 0.242 e. The molecule has 0 heterocycles. The van der Waals surface area contributed by atoms with Gasteiger partial charge in [-0.3, -0.25) is 0 Å². The van der Waals surface area contributed by atoms with Crippen LogP contribution in [0.3, 0.4) is 0 Å². The highest BCUT2D eigenvalue weighted by atomic mass is 35.5. The first-order valence-corrected chi connectivity index (χ1v) is 7.79. The summed E-state index contributed by atoms with van der Waals surface area (Å²) in [6, 6.07) is 4.35. The minimum atomic E-state index is -3.60. The van der Waals surface area contributed by atoms with Crippen LogP contribution in [0.4, 0.5) is 0 Å². The Morgan fingerprint density at radius 2 is 2.00 bits per heavy atom. The molecule has 1 rings (SSSR count). The second kappa shape index (κ2) is 6.73. The molecule has 0 aromatic heterocycles. The lowest BCUT2D eigenvalue weighted by molar-refractivity contribution is 0.536. The predicted molar refractivity (Wildman–Crippen MR) is 74.8 cm³/mol. The van der Waals surface area contributed by atoms with Crippen LogP contribution in [-0.2, 0) is 10.0 Å². The van der Waals surface area contributed by atoms with E-state index < -0.39 is 10.0 Å². The van der Waals surface area contributed by atoms with Crippen LogP contribution in [0.2, 0.25) is 10.0 Å². The Balaban J connectivity index is 2.80. The molecule has 0 saturated heterocycles. The van der Waals surface area contributed by atoms with E-state index in [1.807, 2.05) is 13.8 Å². The van der Waals surface area contributed by atoms with Gasteiger partial charge < -0.3 is 5.32 Å². The van der Waals surface area contributed by atoms with Crippen molar-refractivity contribution in [3.63, 3.8) is 0 Å². The molecule has 102 valence electrons. The van der Waals surface area contributed by atoms with Gasteiger partial charge in [0.15, 0.2) is 0 Å². The number of nitrogens with one attached hydrogen (secondary N) is 2. The molecule has 0 aliphatic carbocycles. The Morgan fingerprint density at radius 1 is 1.33 bits per heavy atom. The van der Waals surface area contributed by atoms with Gasteiger partial charge in [0.1, 0.15) is 4.90 Å². The van der Waals surface area contributed by atoms with Crippen molar-refractivity contribution in [2.24, 2.45) is 0 Å². The fourth-order valence-electron chi connectivity index (χ4n) is 1.43. The number of benzene rings is 1. The number of halogens is 2. The molecule has 0 unspecified atom stereocenters. The summed E-state index contributed by atoms with van der Waals surface area (Å²) in [6.07, 6.45) is 0. The van der Waals surface area contributed by atoms with Crippen LogP contribution < -0.4 is 10.0 Å². The molecule has 0 aliphatic rings. The molecule has 2 N–H and O–H groups in total. The first-order valence-electron chi connectivity index (χ1n) is 5.55. The van der Waals surface area contributed by atoms with Crippen molar-refractivity contribution in [1.29, 1.82) is 0 Å². The van der Waals surface area contributed by atoms with Gasteiger partial charge in [-0.1, -0.05) is 30.1 Å². The van der Waals surface area contributed by atoms with E-state index in [1.54, 1.807) is 0 Å². The molecule has 1 atom stereocenters. The Kier molecular flexibility index (Phi) is 5.88. The van der Waals surface area contributed by atoms with Gasteiger partial charge in [0, 0.05) is 17.6 Å². The third kappa shape index (κ3) is 4.40. The number of sulfonamides is 1. The van der Waals surface area contributed by atoms with Crippen molar-refractivity contribution in [3.8, 4) is 0 Å². The summed E-state index contributed by atoms with van der Waals surface area (Å²) in [7, 11) is -3.60. The van der Waals surface area contributed by atoms with Gasteiger partial charge in [0.2, 0.25) is 10.0 Å². The third-order valence-corrected chi connectivity index (χ3v) is 4.46. The number of likely N-dealkylation sites (N-methyl/N-ethyl adjacent to an activating group) is 1. The fraction of sp³-hybridized carbons (Fsp3) is 0.455. The summed E-state index contributed by atoms with van der Waals surface area (Å²) < 4.78 is 26.5. The van der Waals surface area contributed by atoms with Crippen molar-refractivity contribution in [2.75, 3.05) is 13.1 Å². The van der Waals surface area contributed by atoms with Crippen LogP contribution in [0.1, 0.15) is 13.8 Å². The summed E-state index contributed by atoms with van der Waals surface area (Å²) in [4.78, 5) is 0.0391. The summed E-state index contributed by atoms with van der Waals surface area (Å²) >= 11 is 11.6. The Bertz CT molecular complexity index is 506. The first kappa shape index (κ1) is 15.7. The molecular weight excluding hydrogens is 295 g/mol. The number of hydrogen-bond donors (Lipinski definition) is 2. The molecule has 1 aromatic carbocycles. The largest absolute Gasteiger partial charge is 0.313 e. The van der Waals surface area contributed by atoms with Crippen LogP contribution in [0.5, 0.6) is 0 Å². The lowest BCUT2D eigenvalue weighted by atomic mass is 10.3. The lowest BCUT2D eigenvalue weighted by Gasteiger charge is -2.14. The van der Waals surface area contributed by atoms with Gasteiger partial charge in [-0.25, -0.2) is 13.1 Å². The molecule has 0 fully saturated rings. The van der Waals surface area contributed by atoms with Crippen LogP contribution in [0, 0.1) is 0 Å². The highest BCUT2D eigenvalue weighted by Crippen LogP contribution is 2.24. The van der Waals surface area contributed by atoms with Crippen molar-refractivity contribution in [2.45, 2.75) is 24.8 Å². The fourth-order valence-corrected chi connectivity index (χ4v) is 3.33. The third-order valence-electron chi connectivity index (χ3n) is 2.32. The maximum atomic E-state index is 12.0. The van der Waals surface area contributed by atoms with Gasteiger partial charge >= 0.3 is 0 Å². The highest BCUT2D eigenvalue weighted by molar-refractivity contribution is 7.89. The lowest BCUT2D eigenvalue weighted by Crippen LogP contribution is -2.38. The van der Waals surface area contributed by atoms with E-state index in [1.165, 1.54) is 18.2 Å². The molecule has 0 saturated carbocycles. The van der Waals surface area contributed by atoms with Gasteiger partial charge in [-0.15, -0.1) is 0 Å². The molecule has 0 spiro atoms. The monoisotopic (exact) mass is 310 g/mol. The average molecular weight is 311 g/mol. The number of rotatable bonds is 6. The molecule has 0 radical (unpaired) electrons.